The zero-order valence-corrected chi connectivity index (χ0v) is 28.9. The molecule has 0 saturated carbocycles. The van der Waals surface area contributed by atoms with Crippen molar-refractivity contribution in [2.24, 2.45) is 5.73 Å². The van der Waals surface area contributed by atoms with Crippen molar-refractivity contribution in [1.82, 2.24) is 20.9 Å². The van der Waals surface area contributed by atoms with Crippen LogP contribution in [-0.2, 0) is 36.8 Å². The summed E-state index contributed by atoms with van der Waals surface area (Å²) in [5.41, 5.74) is 7.45. The number of nitrogens with zero attached hydrogens (tertiary/aromatic N) is 1. The summed E-state index contributed by atoms with van der Waals surface area (Å²) in [7, 11) is 0. The molecule has 0 unspecified atom stereocenters. The molecule has 258 valence electrons. The van der Waals surface area contributed by atoms with Gasteiger partial charge in [-0.3, -0.25) is 24.0 Å². The molecule has 2 heterocycles. The van der Waals surface area contributed by atoms with Crippen molar-refractivity contribution in [2.75, 3.05) is 18.2 Å². The number of aliphatic hydroxyl groups is 1. The van der Waals surface area contributed by atoms with Gasteiger partial charge < -0.3 is 31.7 Å². The molecule has 1 fully saturated rings. The Kier molecular flexibility index (Phi) is 12.3. The third-order valence-corrected chi connectivity index (χ3v) is 10.4. The molecular formula is C36H41N5O6S2. The number of piperidine rings is 1. The van der Waals surface area contributed by atoms with E-state index in [4.69, 9.17) is 5.73 Å². The number of amides is 5. The van der Waals surface area contributed by atoms with Gasteiger partial charge in [-0.25, -0.2) is 0 Å². The van der Waals surface area contributed by atoms with E-state index < -0.39 is 53.7 Å². The normalized spacial score (nSPS) is 16.4. The lowest BCUT2D eigenvalue weighted by atomic mass is 9.98. The van der Waals surface area contributed by atoms with Crippen LogP contribution in [0.4, 0.5) is 0 Å². The molecular weight excluding hydrogens is 663 g/mol. The molecule has 1 aliphatic rings. The maximum Gasteiger partial charge on any atom is 0.246 e. The van der Waals surface area contributed by atoms with Gasteiger partial charge in [-0.05, 0) is 58.0 Å². The Morgan fingerprint density at radius 2 is 1.67 bits per heavy atom. The number of benzene rings is 3. The third-order valence-electron chi connectivity index (χ3n) is 8.67. The largest absolute Gasteiger partial charge is 0.386 e. The molecule has 0 bridgehead atoms. The SMILES string of the molecule is CC(=O)N[C@@H](Cc1csc2ccccc12)C(=O)N[C@@H](CSCO)C(=O)N1CCCC[C@H]1C(=O)N[C@@H](Cc1ccc2ccccc2c1)C(N)=O. The second kappa shape index (κ2) is 16.8. The molecule has 4 aromatic rings. The van der Waals surface area contributed by atoms with Crippen molar-refractivity contribution in [3.05, 3.63) is 83.2 Å². The number of nitrogens with two attached hydrogens (primary N) is 1. The van der Waals surface area contributed by atoms with Crippen LogP contribution in [0.1, 0.15) is 37.3 Å². The number of thiophene rings is 1. The molecule has 5 rings (SSSR count). The van der Waals surface area contributed by atoms with Gasteiger partial charge in [0.15, 0.2) is 0 Å². The van der Waals surface area contributed by atoms with Crippen LogP contribution in [-0.4, -0.2) is 81.9 Å². The van der Waals surface area contributed by atoms with E-state index in [1.807, 2.05) is 72.1 Å². The standard InChI is InChI=1S/C36H41N5O6S2/c1-22(43)38-29(18-26-19-49-32-12-5-4-10-27(26)32)34(45)40-30(20-48-21-42)36(47)41-15-7-6-11-31(41)35(46)39-28(33(37)44)17-23-13-14-24-8-2-3-9-25(24)16-23/h2-5,8-10,12-14,16,19,28-31,42H,6-7,11,15,17-18,20-21H2,1H3,(H2,37,44)(H,38,43)(H,39,46)(H,40,45)/t28-,29-,30-,31-/m0/s1. The molecule has 49 heavy (non-hydrogen) atoms. The summed E-state index contributed by atoms with van der Waals surface area (Å²) in [6.45, 7) is 1.60. The van der Waals surface area contributed by atoms with E-state index >= 15 is 0 Å². The fourth-order valence-electron chi connectivity index (χ4n) is 6.24. The van der Waals surface area contributed by atoms with Crippen LogP contribution in [0.3, 0.4) is 0 Å². The fourth-order valence-corrected chi connectivity index (χ4v) is 7.79. The number of likely N-dealkylation sites (tertiary alicyclic amines) is 1. The molecule has 1 saturated heterocycles. The van der Waals surface area contributed by atoms with Crippen LogP contribution in [0.25, 0.3) is 20.9 Å². The van der Waals surface area contributed by atoms with E-state index in [1.165, 1.54) is 11.8 Å². The molecule has 5 amide bonds. The Bertz CT molecular complexity index is 1830. The quantitative estimate of drug-likeness (QED) is 0.126. The summed E-state index contributed by atoms with van der Waals surface area (Å²) in [5, 5.41) is 22.9. The average molecular weight is 704 g/mol. The zero-order chi connectivity index (χ0) is 34.9. The third kappa shape index (κ3) is 9.17. The summed E-state index contributed by atoms with van der Waals surface area (Å²) >= 11 is 2.60. The van der Waals surface area contributed by atoms with Gasteiger partial charge in [0.1, 0.15) is 24.2 Å². The first-order valence-corrected chi connectivity index (χ1v) is 18.3. The molecule has 0 spiro atoms. The van der Waals surface area contributed by atoms with E-state index in [0.29, 0.717) is 19.3 Å². The lowest BCUT2D eigenvalue weighted by Gasteiger charge is -2.37. The molecule has 13 heteroatoms. The second-order valence-electron chi connectivity index (χ2n) is 12.2. The number of hydrogen-bond donors (Lipinski definition) is 5. The van der Waals surface area contributed by atoms with Crippen LogP contribution >= 0.6 is 23.1 Å². The Labute approximate surface area is 293 Å². The Morgan fingerprint density at radius 1 is 0.918 bits per heavy atom. The monoisotopic (exact) mass is 703 g/mol. The first kappa shape index (κ1) is 35.8. The van der Waals surface area contributed by atoms with Gasteiger partial charge in [0.05, 0.1) is 5.94 Å². The minimum atomic E-state index is -1.09. The van der Waals surface area contributed by atoms with Gasteiger partial charge in [-0.15, -0.1) is 23.1 Å². The summed E-state index contributed by atoms with van der Waals surface area (Å²) in [5.74, 6) is -2.86. The number of thioether (sulfide) groups is 1. The highest BCUT2D eigenvalue weighted by molar-refractivity contribution is 7.99. The number of aliphatic hydroxyl groups excluding tert-OH is 1. The first-order valence-electron chi connectivity index (χ1n) is 16.2. The number of carbonyl (C=O) groups excluding carboxylic acids is 5. The van der Waals surface area contributed by atoms with Crippen LogP contribution in [0.2, 0.25) is 0 Å². The van der Waals surface area contributed by atoms with Gasteiger partial charge in [-0.1, -0.05) is 60.7 Å². The van der Waals surface area contributed by atoms with Crippen molar-refractivity contribution >= 4 is 73.5 Å². The fraction of sp³-hybridized carbons (Fsp3) is 0.361. The van der Waals surface area contributed by atoms with Crippen molar-refractivity contribution in [1.29, 1.82) is 0 Å². The highest BCUT2D eigenvalue weighted by Gasteiger charge is 2.38. The zero-order valence-electron chi connectivity index (χ0n) is 27.2. The maximum atomic E-state index is 14.1. The topological polar surface area (TPSA) is 171 Å². The van der Waals surface area contributed by atoms with Gasteiger partial charge in [0, 0.05) is 36.8 Å². The summed E-state index contributed by atoms with van der Waals surface area (Å²) in [4.78, 5) is 67.6. The first-order chi connectivity index (χ1) is 23.6. The smallest absolute Gasteiger partial charge is 0.246 e. The minimum absolute atomic E-state index is 0.0476. The summed E-state index contributed by atoms with van der Waals surface area (Å²) in [6.07, 6.45) is 2.10. The van der Waals surface area contributed by atoms with Gasteiger partial charge in [0.2, 0.25) is 29.5 Å². The average Bonchev–Trinajstić information content (AvgIpc) is 3.51. The van der Waals surface area contributed by atoms with Crippen molar-refractivity contribution < 1.29 is 29.1 Å². The highest BCUT2D eigenvalue weighted by Crippen LogP contribution is 2.27. The van der Waals surface area contributed by atoms with E-state index in [0.717, 1.165) is 43.7 Å². The van der Waals surface area contributed by atoms with Crippen molar-refractivity contribution in [3.8, 4) is 0 Å². The molecule has 1 aromatic heterocycles. The van der Waals surface area contributed by atoms with Gasteiger partial charge in [0.25, 0.3) is 0 Å². The van der Waals surface area contributed by atoms with E-state index in [-0.39, 0.29) is 31.1 Å². The number of primary amides is 1. The summed E-state index contributed by atoms with van der Waals surface area (Å²) in [6, 6.07) is 17.5. The van der Waals surface area contributed by atoms with Crippen LogP contribution in [0.15, 0.2) is 72.1 Å². The lowest BCUT2D eigenvalue weighted by Crippen LogP contribution is -2.61. The predicted molar refractivity (Wildman–Crippen MR) is 193 cm³/mol. The minimum Gasteiger partial charge on any atom is -0.386 e. The van der Waals surface area contributed by atoms with Crippen molar-refractivity contribution in [2.45, 2.75) is 63.2 Å². The molecule has 3 aromatic carbocycles. The van der Waals surface area contributed by atoms with E-state index in [9.17, 15) is 29.1 Å². The Morgan fingerprint density at radius 3 is 2.43 bits per heavy atom. The van der Waals surface area contributed by atoms with Crippen LogP contribution in [0, 0.1) is 0 Å². The molecule has 0 aliphatic carbocycles. The van der Waals surface area contributed by atoms with Crippen LogP contribution < -0.4 is 21.7 Å². The number of rotatable bonds is 14. The lowest BCUT2D eigenvalue weighted by molar-refractivity contribution is -0.145. The van der Waals surface area contributed by atoms with E-state index in [2.05, 4.69) is 16.0 Å². The van der Waals surface area contributed by atoms with Crippen molar-refractivity contribution in [3.63, 3.8) is 0 Å². The second-order valence-corrected chi connectivity index (χ2v) is 14.1. The highest BCUT2D eigenvalue weighted by atomic mass is 32.2. The molecule has 4 atom stereocenters. The maximum absolute atomic E-state index is 14.1. The molecule has 11 nitrogen and oxygen atoms in total. The molecule has 0 radical (unpaired) electrons. The summed E-state index contributed by atoms with van der Waals surface area (Å²) < 4.78 is 1.05. The number of carbonyl (C=O) groups is 5. The predicted octanol–water partition coefficient (Wildman–Crippen LogP) is 2.86. The Balaban J connectivity index is 1.30. The van der Waals surface area contributed by atoms with Gasteiger partial charge >= 0.3 is 0 Å². The molecule has 1 aliphatic heterocycles. The van der Waals surface area contributed by atoms with Crippen LogP contribution in [0.5, 0.6) is 0 Å². The Hall–Kier alpha value is -4.46. The number of fused-ring (bicyclic) bond motifs is 2. The number of hydrogen-bond acceptors (Lipinski definition) is 8. The number of nitrogens with one attached hydrogen (secondary N) is 3. The van der Waals surface area contributed by atoms with E-state index in [1.54, 1.807) is 11.3 Å². The molecule has 6 N–H and O–H groups in total. The van der Waals surface area contributed by atoms with Gasteiger partial charge in [-0.2, -0.15) is 0 Å².